The van der Waals surface area contributed by atoms with Gasteiger partial charge in [0.05, 0.1) is 18.9 Å². The molecule has 2 rings (SSSR count). The molecule has 1 N–H and O–H groups in total. The van der Waals surface area contributed by atoms with E-state index >= 15 is 0 Å². The Balaban J connectivity index is 1.83. The van der Waals surface area contributed by atoms with Crippen molar-refractivity contribution in [2.24, 2.45) is 5.92 Å². The van der Waals surface area contributed by atoms with Crippen molar-refractivity contribution in [3.05, 3.63) is 18.0 Å². The van der Waals surface area contributed by atoms with Gasteiger partial charge in [-0.15, -0.1) is 0 Å². The molecule has 0 radical (unpaired) electrons. The van der Waals surface area contributed by atoms with Gasteiger partial charge in [0, 0.05) is 45.0 Å². The van der Waals surface area contributed by atoms with Crippen molar-refractivity contribution >= 4 is 0 Å². The summed E-state index contributed by atoms with van der Waals surface area (Å²) in [4.78, 5) is 2.58. The number of rotatable bonds is 8. The van der Waals surface area contributed by atoms with E-state index in [-0.39, 0.29) is 0 Å². The van der Waals surface area contributed by atoms with Gasteiger partial charge in [-0.2, -0.15) is 5.10 Å². The van der Waals surface area contributed by atoms with Crippen molar-refractivity contribution in [3.63, 3.8) is 0 Å². The fraction of sp³-hybridized carbons (Fsp3) is 0.812. The zero-order valence-electron chi connectivity index (χ0n) is 13.7. The highest BCUT2D eigenvalue weighted by molar-refractivity contribution is 5.00. The topological polar surface area (TPSA) is 42.3 Å². The van der Waals surface area contributed by atoms with E-state index in [2.05, 4.69) is 46.8 Å². The number of aromatic nitrogens is 2. The zero-order chi connectivity index (χ0) is 15.1. The summed E-state index contributed by atoms with van der Waals surface area (Å²) in [6, 6.07) is 2.70. The highest BCUT2D eigenvalue weighted by Crippen LogP contribution is 2.13. The standard InChI is InChI=1S/C16H30N4O/c1-4-20-15(5-6-18-20)12-17-13-16(11-14(2)3)19-7-9-21-10-8-19/h5-6,14,16-17H,4,7-13H2,1-3H3. The number of nitrogens with one attached hydrogen (secondary N) is 1. The fourth-order valence-electron chi connectivity index (χ4n) is 3.01. The SMILES string of the molecule is CCn1nccc1CNCC(CC(C)C)N1CCOCC1. The van der Waals surface area contributed by atoms with Crippen LogP contribution in [0.15, 0.2) is 12.3 Å². The van der Waals surface area contributed by atoms with Crippen LogP contribution in [0.3, 0.4) is 0 Å². The predicted octanol–water partition coefficient (Wildman–Crippen LogP) is 1.74. The van der Waals surface area contributed by atoms with Gasteiger partial charge < -0.3 is 10.1 Å². The lowest BCUT2D eigenvalue weighted by Crippen LogP contribution is -2.48. The number of ether oxygens (including phenoxy) is 1. The summed E-state index contributed by atoms with van der Waals surface area (Å²) in [6.45, 7) is 13.5. The van der Waals surface area contributed by atoms with Crippen LogP contribution >= 0.6 is 0 Å². The zero-order valence-corrected chi connectivity index (χ0v) is 13.7. The first-order chi connectivity index (χ1) is 10.2. The summed E-state index contributed by atoms with van der Waals surface area (Å²) < 4.78 is 7.53. The van der Waals surface area contributed by atoms with Crippen LogP contribution in [-0.2, 0) is 17.8 Å². The molecule has 1 atom stereocenters. The van der Waals surface area contributed by atoms with E-state index in [1.807, 2.05) is 6.20 Å². The third kappa shape index (κ3) is 5.09. The lowest BCUT2D eigenvalue weighted by molar-refractivity contribution is 0.0123. The van der Waals surface area contributed by atoms with Gasteiger partial charge in [-0.1, -0.05) is 13.8 Å². The lowest BCUT2D eigenvalue weighted by atomic mass is 10.0. The molecule has 120 valence electrons. The Kier molecular flexibility index (Phi) is 6.67. The molecule has 0 aliphatic carbocycles. The highest BCUT2D eigenvalue weighted by atomic mass is 16.5. The molecular formula is C16H30N4O. The second-order valence-corrected chi connectivity index (χ2v) is 6.20. The van der Waals surface area contributed by atoms with E-state index in [4.69, 9.17) is 4.74 Å². The number of aryl methyl sites for hydroxylation is 1. The minimum Gasteiger partial charge on any atom is -0.379 e. The molecule has 5 heteroatoms. The molecule has 1 aromatic rings. The molecule has 0 amide bonds. The normalized spacial score (nSPS) is 18.3. The summed E-state index contributed by atoms with van der Waals surface area (Å²) in [6.07, 6.45) is 3.12. The first-order valence-electron chi connectivity index (χ1n) is 8.24. The Labute approximate surface area is 128 Å². The summed E-state index contributed by atoms with van der Waals surface area (Å²) in [5.74, 6) is 0.723. The molecule has 21 heavy (non-hydrogen) atoms. The fourth-order valence-corrected chi connectivity index (χ4v) is 3.01. The Morgan fingerprint density at radius 1 is 1.33 bits per heavy atom. The maximum absolute atomic E-state index is 5.47. The largest absolute Gasteiger partial charge is 0.379 e. The predicted molar refractivity (Wildman–Crippen MR) is 85.2 cm³/mol. The van der Waals surface area contributed by atoms with Crippen LogP contribution in [0.1, 0.15) is 32.9 Å². The molecule has 1 aliphatic heterocycles. The average Bonchev–Trinajstić information content (AvgIpc) is 2.94. The van der Waals surface area contributed by atoms with Gasteiger partial charge in [0.15, 0.2) is 0 Å². The number of nitrogens with zero attached hydrogens (tertiary/aromatic N) is 3. The second-order valence-electron chi connectivity index (χ2n) is 6.20. The molecule has 5 nitrogen and oxygen atoms in total. The third-order valence-corrected chi connectivity index (χ3v) is 4.10. The Hall–Kier alpha value is -0.910. The summed E-state index contributed by atoms with van der Waals surface area (Å²) in [7, 11) is 0. The van der Waals surface area contributed by atoms with Crippen LogP contribution in [0.2, 0.25) is 0 Å². The summed E-state index contributed by atoms with van der Waals surface area (Å²) >= 11 is 0. The van der Waals surface area contributed by atoms with E-state index in [1.165, 1.54) is 12.1 Å². The lowest BCUT2D eigenvalue weighted by Gasteiger charge is -2.35. The van der Waals surface area contributed by atoms with Gasteiger partial charge in [-0.25, -0.2) is 0 Å². The number of morpholine rings is 1. The number of hydrogen-bond donors (Lipinski definition) is 1. The van der Waals surface area contributed by atoms with Gasteiger partial charge in [0.2, 0.25) is 0 Å². The first-order valence-corrected chi connectivity index (χ1v) is 8.24. The van der Waals surface area contributed by atoms with Crippen LogP contribution in [0.4, 0.5) is 0 Å². The monoisotopic (exact) mass is 294 g/mol. The van der Waals surface area contributed by atoms with Crippen LogP contribution < -0.4 is 5.32 Å². The van der Waals surface area contributed by atoms with E-state index in [0.29, 0.717) is 6.04 Å². The maximum atomic E-state index is 5.47. The first kappa shape index (κ1) is 16.5. The number of hydrogen-bond acceptors (Lipinski definition) is 4. The Morgan fingerprint density at radius 2 is 2.10 bits per heavy atom. The van der Waals surface area contributed by atoms with Crippen molar-refractivity contribution in [2.45, 2.75) is 46.3 Å². The van der Waals surface area contributed by atoms with E-state index < -0.39 is 0 Å². The molecule has 1 unspecified atom stereocenters. The minimum absolute atomic E-state index is 0.604. The van der Waals surface area contributed by atoms with E-state index in [1.54, 1.807) is 0 Å². The maximum Gasteiger partial charge on any atom is 0.0594 e. The van der Waals surface area contributed by atoms with Crippen molar-refractivity contribution in [3.8, 4) is 0 Å². The quantitative estimate of drug-likeness (QED) is 0.793. The van der Waals surface area contributed by atoms with Gasteiger partial charge in [0.1, 0.15) is 0 Å². The van der Waals surface area contributed by atoms with E-state index in [0.717, 1.165) is 51.9 Å². The minimum atomic E-state index is 0.604. The van der Waals surface area contributed by atoms with Crippen molar-refractivity contribution in [1.29, 1.82) is 0 Å². The van der Waals surface area contributed by atoms with Crippen LogP contribution in [-0.4, -0.2) is 53.6 Å². The van der Waals surface area contributed by atoms with Gasteiger partial charge in [-0.05, 0) is 25.3 Å². The van der Waals surface area contributed by atoms with Crippen LogP contribution in [0, 0.1) is 5.92 Å². The molecule has 1 saturated heterocycles. The molecule has 2 heterocycles. The second kappa shape index (κ2) is 8.51. The van der Waals surface area contributed by atoms with Crippen LogP contribution in [0.25, 0.3) is 0 Å². The Morgan fingerprint density at radius 3 is 2.76 bits per heavy atom. The molecule has 0 aromatic carbocycles. The van der Waals surface area contributed by atoms with Gasteiger partial charge in [-0.3, -0.25) is 9.58 Å². The van der Waals surface area contributed by atoms with E-state index in [9.17, 15) is 0 Å². The summed E-state index contributed by atoms with van der Waals surface area (Å²) in [5.41, 5.74) is 1.27. The smallest absolute Gasteiger partial charge is 0.0594 e. The van der Waals surface area contributed by atoms with Gasteiger partial charge in [0.25, 0.3) is 0 Å². The molecule has 0 bridgehead atoms. The van der Waals surface area contributed by atoms with Crippen molar-refractivity contribution in [2.75, 3.05) is 32.8 Å². The Bertz CT molecular complexity index is 399. The molecule has 0 saturated carbocycles. The summed E-state index contributed by atoms with van der Waals surface area (Å²) in [5, 5.41) is 7.94. The van der Waals surface area contributed by atoms with Crippen molar-refractivity contribution in [1.82, 2.24) is 20.0 Å². The molecule has 1 aliphatic rings. The van der Waals surface area contributed by atoms with Crippen molar-refractivity contribution < 1.29 is 4.74 Å². The highest BCUT2D eigenvalue weighted by Gasteiger charge is 2.21. The third-order valence-electron chi connectivity index (χ3n) is 4.10. The molecular weight excluding hydrogens is 264 g/mol. The van der Waals surface area contributed by atoms with Crippen LogP contribution in [0.5, 0.6) is 0 Å². The average molecular weight is 294 g/mol. The molecule has 0 spiro atoms. The molecule has 1 fully saturated rings. The van der Waals surface area contributed by atoms with Gasteiger partial charge >= 0.3 is 0 Å². The molecule has 1 aromatic heterocycles.